The van der Waals surface area contributed by atoms with E-state index in [4.69, 9.17) is 5.11 Å². The maximum Gasteiger partial charge on any atom is 0.303 e. The van der Waals surface area contributed by atoms with Gasteiger partial charge in [0.15, 0.2) is 0 Å². The first-order valence-corrected chi connectivity index (χ1v) is 4.38. The summed E-state index contributed by atoms with van der Waals surface area (Å²) in [6.07, 6.45) is 0.141. The van der Waals surface area contributed by atoms with Gasteiger partial charge in [0.25, 0.3) is 0 Å². The lowest BCUT2D eigenvalue weighted by molar-refractivity contribution is -0.140. The summed E-state index contributed by atoms with van der Waals surface area (Å²) in [5, 5.41) is 8.34. The van der Waals surface area contributed by atoms with E-state index < -0.39 is 5.97 Å². The molecule has 0 unspecified atom stereocenters. The molecular formula is C9H15NO4. The maximum atomic E-state index is 11.2. The van der Waals surface area contributed by atoms with Crippen molar-refractivity contribution >= 4 is 17.7 Å². The Hall–Kier alpha value is -1.39. The Kier molecular flexibility index (Phi) is 5.52. The Morgan fingerprint density at radius 3 is 2.14 bits per heavy atom. The first-order chi connectivity index (χ1) is 6.43. The molecule has 5 nitrogen and oxygen atoms in total. The van der Waals surface area contributed by atoms with Crippen molar-refractivity contribution in [2.75, 3.05) is 13.6 Å². The molecule has 0 aromatic heterocycles. The molecule has 0 aliphatic heterocycles. The zero-order valence-electron chi connectivity index (χ0n) is 8.45. The standard InChI is InChI=1S/C9H15NO4/c1-7(11)5-6-10(2)8(12)3-4-9(13)14/h3-6H2,1-2H3,(H,13,14). The van der Waals surface area contributed by atoms with Gasteiger partial charge in [0.2, 0.25) is 5.91 Å². The van der Waals surface area contributed by atoms with Crippen LogP contribution in [0.25, 0.3) is 0 Å². The van der Waals surface area contributed by atoms with Crippen LogP contribution < -0.4 is 0 Å². The summed E-state index contributed by atoms with van der Waals surface area (Å²) in [4.78, 5) is 33.4. The van der Waals surface area contributed by atoms with E-state index >= 15 is 0 Å². The van der Waals surface area contributed by atoms with Crippen LogP contribution in [0.5, 0.6) is 0 Å². The van der Waals surface area contributed by atoms with Crippen molar-refractivity contribution in [1.82, 2.24) is 4.90 Å². The van der Waals surface area contributed by atoms with E-state index in [2.05, 4.69) is 0 Å². The van der Waals surface area contributed by atoms with E-state index in [1.165, 1.54) is 11.8 Å². The van der Waals surface area contributed by atoms with Crippen LogP contribution in [0.15, 0.2) is 0 Å². The number of carboxylic acid groups (broad SMARTS) is 1. The molecule has 0 bridgehead atoms. The summed E-state index contributed by atoms with van der Waals surface area (Å²) in [6.45, 7) is 1.81. The van der Waals surface area contributed by atoms with Gasteiger partial charge in [0, 0.05) is 26.4 Å². The van der Waals surface area contributed by atoms with Gasteiger partial charge in [-0.15, -0.1) is 0 Å². The first kappa shape index (κ1) is 12.6. The van der Waals surface area contributed by atoms with E-state index in [9.17, 15) is 14.4 Å². The van der Waals surface area contributed by atoms with Crippen molar-refractivity contribution in [3.63, 3.8) is 0 Å². The van der Waals surface area contributed by atoms with Crippen LogP contribution in [0.3, 0.4) is 0 Å². The van der Waals surface area contributed by atoms with Crippen LogP contribution in [0.2, 0.25) is 0 Å². The Bertz CT molecular complexity index is 237. The highest BCUT2D eigenvalue weighted by Gasteiger charge is 2.10. The van der Waals surface area contributed by atoms with Crippen molar-refractivity contribution in [1.29, 1.82) is 0 Å². The van der Waals surface area contributed by atoms with Crippen LogP contribution >= 0.6 is 0 Å². The second kappa shape index (κ2) is 6.12. The fourth-order valence-corrected chi connectivity index (χ4v) is 0.855. The predicted octanol–water partition coefficient (Wildman–Crippen LogP) is 0.289. The van der Waals surface area contributed by atoms with Gasteiger partial charge < -0.3 is 10.0 Å². The Labute approximate surface area is 82.7 Å². The number of carboxylic acids is 1. The Balaban J connectivity index is 3.76. The van der Waals surface area contributed by atoms with E-state index in [0.29, 0.717) is 13.0 Å². The number of nitrogens with zero attached hydrogens (tertiary/aromatic N) is 1. The highest BCUT2D eigenvalue weighted by atomic mass is 16.4. The molecule has 14 heavy (non-hydrogen) atoms. The molecule has 80 valence electrons. The molecule has 0 aliphatic rings. The lowest BCUT2D eigenvalue weighted by Gasteiger charge is -2.15. The summed E-state index contributed by atoms with van der Waals surface area (Å²) < 4.78 is 0. The van der Waals surface area contributed by atoms with Gasteiger partial charge >= 0.3 is 5.97 Å². The number of ketones is 1. The molecule has 1 amide bonds. The SMILES string of the molecule is CC(=O)CCN(C)C(=O)CCC(=O)O. The lowest BCUT2D eigenvalue weighted by atomic mass is 10.2. The third kappa shape index (κ3) is 6.16. The third-order valence-corrected chi connectivity index (χ3v) is 1.78. The van der Waals surface area contributed by atoms with Gasteiger partial charge in [-0.2, -0.15) is 0 Å². The van der Waals surface area contributed by atoms with E-state index in [1.54, 1.807) is 7.05 Å². The van der Waals surface area contributed by atoms with E-state index in [1.807, 2.05) is 0 Å². The highest BCUT2D eigenvalue weighted by molar-refractivity contribution is 5.81. The summed E-state index contributed by atoms with van der Waals surface area (Å²) >= 11 is 0. The molecule has 0 rings (SSSR count). The topological polar surface area (TPSA) is 74.7 Å². The molecule has 1 N–H and O–H groups in total. The zero-order chi connectivity index (χ0) is 11.1. The molecule has 0 fully saturated rings. The molecule has 0 atom stereocenters. The van der Waals surface area contributed by atoms with E-state index in [-0.39, 0.29) is 24.5 Å². The summed E-state index contributed by atoms with van der Waals surface area (Å²) in [5.74, 6) is -1.21. The smallest absolute Gasteiger partial charge is 0.303 e. The van der Waals surface area contributed by atoms with Gasteiger partial charge in [-0.1, -0.05) is 0 Å². The summed E-state index contributed by atoms with van der Waals surface area (Å²) in [6, 6.07) is 0. The Morgan fingerprint density at radius 1 is 1.14 bits per heavy atom. The number of hydrogen-bond donors (Lipinski definition) is 1. The van der Waals surface area contributed by atoms with Gasteiger partial charge in [-0.25, -0.2) is 0 Å². The summed E-state index contributed by atoms with van der Waals surface area (Å²) in [7, 11) is 1.56. The summed E-state index contributed by atoms with van der Waals surface area (Å²) in [5.41, 5.74) is 0. The van der Waals surface area contributed by atoms with Crippen LogP contribution in [-0.4, -0.2) is 41.3 Å². The molecular weight excluding hydrogens is 186 g/mol. The maximum absolute atomic E-state index is 11.2. The average molecular weight is 201 g/mol. The van der Waals surface area contributed by atoms with Crippen LogP contribution in [0.1, 0.15) is 26.2 Å². The van der Waals surface area contributed by atoms with Gasteiger partial charge in [0.05, 0.1) is 6.42 Å². The fraction of sp³-hybridized carbons (Fsp3) is 0.667. The Morgan fingerprint density at radius 2 is 1.71 bits per heavy atom. The van der Waals surface area contributed by atoms with Crippen molar-refractivity contribution in [3.05, 3.63) is 0 Å². The second-order valence-corrected chi connectivity index (χ2v) is 3.16. The minimum absolute atomic E-state index is 0.0102. The van der Waals surface area contributed by atoms with Crippen molar-refractivity contribution in [2.24, 2.45) is 0 Å². The van der Waals surface area contributed by atoms with Gasteiger partial charge in [0.1, 0.15) is 5.78 Å². The number of carbonyl (C=O) groups is 3. The number of hydrogen-bond acceptors (Lipinski definition) is 3. The monoisotopic (exact) mass is 201 g/mol. The number of amides is 1. The molecule has 0 aliphatic carbocycles. The number of aliphatic carboxylic acids is 1. The number of Topliss-reactive ketones (excluding diaryl/α,β-unsaturated/α-hetero) is 1. The van der Waals surface area contributed by atoms with Crippen molar-refractivity contribution in [2.45, 2.75) is 26.2 Å². The minimum atomic E-state index is -0.988. The molecule has 0 saturated carbocycles. The number of carbonyl (C=O) groups excluding carboxylic acids is 2. The molecule has 0 aromatic rings. The van der Waals surface area contributed by atoms with Gasteiger partial charge in [-0.05, 0) is 6.92 Å². The van der Waals surface area contributed by atoms with Crippen molar-refractivity contribution < 1.29 is 19.5 Å². The molecule has 0 saturated heterocycles. The molecule has 0 radical (unpaired) electrons. The third-order valence-electron chi connectivity index (χ3n) is 1.78. The molecule has 5 heteroatoms. The highest BCUT2D eigenvalue weighted by Crippen LogP contribution is 1.97. The predicted molar refractivity (Wildman–Crippen MR) is 49.8 cm³/mol. The second-order valence-electron chi connectivity index (χ2n) is 3.16. The lowest BCUT2D eigenvalue weighted by Crippen LogP contribution is -2.28. The van der Waals surface area contributed by atoms with Crippen LogP contribution in [0, 0.1) is 0 Å². The largest absolute Gasteiger partial charge is 0.481 e. The number of rotatable bonds is 6. The van der Waals surface area contributed by atoms with Crippen LogP contribution in [-0.2, 0) is 14.4 Å². The van der Waals surface area contributed by atoms with Crippen LogP contribution in [0.4, 0.5) is 0 Å². The quantitative estimate of drug-likeness (QED) is 0.670. The molecule has 0 heterocycles. The zero-order valence-corrected chi connectivity index (χ0v) is 8.45. The average Bonchev–Trinajstić information content (AvgIpc) is 2.09. The molecule has 0 spiro atoms. The van der Waals surface area contributed by atoms with Crippen molar-refractivity contribution in [3.8, 4) is 0 Å². The van der Waals surface area contributed by atoms with E-state index in [0.717, 1.165) is 0 Å². The fourth-order valence-electron chi connectivity index (χ4n) is 0.855. The minimum Gasteiger partial charge on any atom is -0.481 e. The first-order valence-electron chi connectivity index (χ1n) is 4.38. The molecule has 0 aromatic carbocycles. The van der Waals surface area contributed by atoms with Gasteiger partial charge in [-0.3, -0.25) is 14.4 Å². The normalized spacial score (nSPS) is 9.57.